The van der Waals surface area contributed by atoms with Crippen molar-refractivity contribution >= 4 is 5.97 Å². The van der Waals surface area contributed by atoms with E-state index in [0.29, 0.717) is 12.2 Å². The second-order valence-electron chi connectivity index (χ2n) is 4.08. The molecule has 0 amide bonds. The smallest absolute Gasteiger partial charge is 0.316 e. The van der Waals surface area contributed by atoms with Crippen LogP contribution in [0.4, 0.5) is 4.39 Å². The molecule has 0 heterocycles. The highest BCUT2D eigenvalue weighted by atomic mass is 19.1. The fraction of sp³-hybridized carbons (Fsp3) is 0.417. The maximum Gasteiger partial charge on any atom is 0.316 e. The van der Waals surface area contributed by atoms with E-state index in [2.05, 4.69) is 0 Å². The van der Waals surface area contributed by atoms with Crippen LogP contribution in [0.5, 0.6) is 5.75 Å². The van der Waals surface area contributed by atoms with E-state index in [4.69, 9.17) is 4.74 Å². The lowest BCUT2D eigenvalue weighted by molar-refractivity contribution is -0.144. The summed E-state index contributed by atoms with van der Waals surface area (Å²) in [4.78, 5) is 11.6. The Morgan fingerprint density at radius 1 is 1.33 bits per heavy atom. The molecule has 82 valence electrons. The van der Waals surface area contributed by atoms with Crippen LogP contribution in [0.2, 0.25) is 0 Å². The van der Waals surface area contributed by atoms with E-state index in [1.165, 1.54) is 24.3 Å². The van der Waals surface area contributed by atoms with Crippen molar-refractivity contribution in [2.24, 2.45) is 5.41 Å². The quantitative estimate of drug-likeness (QED) is 0.565. The number of ether oxygens (including phenoxy) is 1. The van der Waals surface area contributed by atoms with Crippen molar-refractivity contribution in [2.75, 3.05) is 0 Å². The zero-order valence-electron chi connectivity index (χ0n) is 9.21. The SMILES string of the molecule is CCC(C)(C)C(=O)Oc1ccc(F)cc1. The molecular weight excluding hydrogens is 195 g/mol. The van der Waals surface area contributed by atoms with Gasteiger partial charge in [0.05, 0.1) is 5.41 Å². The van der Waals surface area contributed by atoms with E-state index >= 15 is 0 Å². The molecule has 0 aliphatic carbocycles. The molecule has 0 aromatic heterocycles. The summed E-state index contributed by atoms with van der Waals surface area (Å²) in [5.41, 5.74) is -0.506. The van der Waals surface area contributed by atoms with Gasteiger partial charge >= 0.3 is 5.97 Å². The van der Waals surface area contributed by atoms with E-state index in [1.54, 1.807) is 0 Å². The molecule has 3 heteroatoms. The van der Waals surface area contributed by atoms with E-state index in [0.717, 1.165) is 0 Å². The van der Waals surface area contributed by atoms with Crippen LogP contribution in [0.25, 0.3) is 0 Å². The van der Waals surface area contributed by atoms with Crippen LogP contribution in [-0.4, -0.2) is 5.97 Å². The molecule has 2 nitrogen and oxygen atoms in total. The van der Waals surface area contributed by atoms with Gasteiger partial charge in [0.25, 0.3) is 0 Å². The first kappa shape index (κ1) is 11.7. The van der Waals surface area contributed by atoms with Gasteiger partial charge in [0.1, 0.15) is 11.6 Å². The molecule has 1 aromatic rings. The fourth-order valence-electron chi connectivity index (χ4n) is 0.892. The molecule has 0 saturated heterocycles. The van der Waals surface area contributed by atoms with Gasteiger partial charge < -0.3 is 4.74 Å². The molecule has 1 rings (SSSR count). The largest absolute Gasteiger partial charge is 0.426 e. The van der Waals surface area contributed by atoms with Gasteiger partial charge in [0, 0.05) is 0 Å². The Bertz CT molecular complexity index is 341. The number of hydrogen-bond donors (Lipinski definition) is 0. The number of esters is 1. The number of hydrogen-bond acceptors (Lipinski definition) is 2. The molecule has 0 radical (unpaired) electrons. The summed E-state index contributed by atoms with van der Waals surface area (Å²) >= 11 is 0. The zero-order chi connectivity index (χ0) is 11.5. The summed E-state index contributed by atoms with van der Waals surface area (Å²) in [6.07, 6.45) is 0.701. The lowest BCUT2D eigenvalue weighted by atomic mass is 9.91. The van der Waals surface area contributed by atoms with Crippen LogP contribution in [0.3, 0.4) is 0 Å². The Labute approximate surface area is 89.1 Å². The Balaban J connectivity index is 2.71. The lowest BCUT2D eigenvalue weighted by Gasteiger charge is -2.19. The van der Waals surface area contributed by atoms with Gasteiger partial charge in [-0.3, -0.25) is 4.79 Å². The third kappa shape index (κ3) is 3.05. The molecule has 0 saturated carbocycles. The minimum atomic E-state index is -0.506. The van der Waals surface area contributed by atoms with Crippen LogP contribution in [-0.2, 0) is 4.79 Å². The lowest BCUT2D eigenvalue weighted by Crippen LogP contribution is -2.28. The molecule has 0 N–H and O–H groups in total. The monoisotopic (exact) mass is 210 g/mol. The third-order valence-corrected chi connectivity index (χ3v) is 2.46. The summed E-state index contributed by atoms with van der Waals surface area (Å²) < 4.78 is 17.7. The van der Waals surface area contributed by atoms with Crippen molar-refractivity contribution in [3.63, 3.8) is 0 Å². The van der Waals surface area contributed by atoms with Gasteiger partial charge in [0.15, 0.2) is 0 Å². The minimum Gasteiger partial charge on any atom is -0.426 e. The highest BCUT2D eigenvalue weighted by Crippen LogP contribution is 2.23. The van der Waals surface area contributed by atoms with E-state index in [1.807, 2.05) is 20.8 Å². The fourth-order valence-corrected chi connectivity index (χ4v) is 0.892. The predicted molar refractivity (Wildman–Crippen MR) is 56.1 cm³/mol. The second kappa shape index (κ2) is 4.43. The van der Waals surface area contributed by atoms with Crippen molar-refractivity contribution in [1.82, 2.24) is 0 Å². The molecule has 0 fully saturated rings. The Hall–Kier alpha value is -1.38. The van der Waals surface area contributed by atoms with Gasteiger partial charge in [-0.15, -0.1) is 0 Å². The normalized spacial score (nSPS) is 11.2. The number of benzene rings is 1. The predicted octanol–water partition coefficient (Wildman–Crippen LogP) is 3.17. The van der Waals surface area contributed by atoms with Gasteiger partial charge in [-0.25, -0.2) is 4.39 Å². The minimum absolute atomic E-state index is 0.295. The summed E-state index contributed by atoms with van der Waals surface area (Å²) in [5, 5.41) is 0. The second-order valence-corrected chi connectivity index (χ2v) is 4.08. The summed E-state index contributed by atoms with van der Waals surface area (Å²) in [5.74, 6) is -0.260. The zero-order valence-corrected chi connectivity index (χ0v) is 9.21. The third-order valence-electron chi connectivity index (χ3n) is 2.46. The van der Waals surface area contributed by atoms with Gasteiger partial charge in [0.2, 0.25) is 0 Å². The molecular formula is C12H15FO2. The Morgan fingerprint density at radius 3 is 2.33 bits per heavy atom. The number of halogens is 1. The van der Waals surface area contributed by atoms with Crippen LogP contribution >= 0.6 is 0 Å². The molecule has 0 unspecified atom stereocenters. The van der Waals surface area contributed by atoms with Crippen molar-refractivity contribution in [2.45, 2.75) is 27.2 Å². The van der Waals surface area contributed by atoms with Crippen molar-refractivity contribution < 1.29 is 13.9 Å². The molecule has 1 aromatic carbocycles. The maximum atomic E-state index is 12.6. The van der Waals surface area contributed by atoms with Crippen molar-refractivity contribution in [3.8, 4) is 5.75 Å². The average Bonchev–Trinajstić information content (AvgIpc) is 2.21. The maximum absolute atomic E-state index is 12.6. The first-order valence-electron chi connectivity index (χ1n) is 4.93. The van der Waals surface area contributed by atoms with Gasteiger partial charge in [-0.1, -0.05) is 6.92 Å². The van der Waals surface area contributed by atoms with Crippen molar-refractivity contribution in [3.05, 3.63) is 30.1 Å². The molecule has 15 heavy (non-hydrogen) atoms. The first-order valence-corrected chi connectivity index (χ1v) is 4.93. The average molecular weight is 210 g/mol. The molecule has 0 aliphatic heterocycles. The standard InChI is InChI=1S/C12H15FO2/c1-4-12(2,3)11(14)15-10-7-5-9(13)6-8-10/h5-8H,4H2,1-3H3. The molecule has 0 bridgehead atoms. The van der Waals surface area contributed by atoms with Crippen molar-refractivity contribution in [1.29, 1.82) is 0 Å². The van der Waals surface area contributed by atoms with Crippen LogP contribution < -0.4 is 4.74 Å². The summed E-state index contributed by atoms with van der Waals surface area (Å²) in [6, 6.07) is 5.42. The molecule has 0 atom stereocenters. The molecule has 0 aliphatic rings. The summed E-state index contributed by atoms with van der Waals surface area (Å²) in [7, 11) is 0. The number of carbonyl (C=O) groups is 1. The number of rotatable bonds is 3. The topological polar surface area (TPSA) is 26.3 Å². The first-order chi connectivity index (χ1) is 6.95. The summed E-state index contributed by atoms with van der Waals surface area (Å²) in [6.45, 7) is 5.56. The van der Waals surface area contributed by atoms with Crippen LogP contribution in [0, 0.1) is 11.2 Å². The Kier molecular flexibility index (Phi) is 3.45. The highest BCUT2D eigenvalue weighted by Gasteiger charge is 2.27. The van der Waals surface area contributed by atoms with E-state index in [9.17, 15) is 9.18 Å². The van der Waals surface area contributed by atoms with Crippen LogP contribution in [0.1, 0.15) is 27.2 Å². The van der Waals surface area contributed by atoms with Gasteiger partial charge in [-0.05, 0) is 44.5 Å². The number of carbonyl (C=O) groups excluding carboxylic acids is 1. The molecule has 0 spiro atoms. The van der Waals surface area contributed by atoms with E-state index in [-0.39, 0.29) is 11.8 Å². The van der Waals surface area contributed by atoms with E-state index < -0.39 is 5.41 Å². The highest BCUT2D eigenvalue weighted by molar-refractivity contribution is 5.78. The van der Waals surface area contributed by atoms with Gasteiger partial charge in [-0.2, -0.15) is 0 Å². The van der Waals surface area contributed by atoms with Crippen LogP contribution in [0.15, 0.2) is 24.3 Å². The Morgan fingerprint density at radius 2 is 1.87 bits per heavy atom.